The maximum absolute atomic E-state index is 12.7. The molecule has 7 heteroatoms. The van der Waals surface area contributed by atoms with Crippen molar-refractivity contribution in [1.29, 1.82) is 0 Å². The van der Waals surface area contributed by atoms with E-state index in [0.29, 0.717) is 35.2 Å². The lowest BCUT2D eigenvalue weighted by Crippen LogP contribution is -2.35. The zero-order valence-corrected chi connectivity index (χ0v) is 17.0. The predicted molar refractivity (Wildman–Crippen MR) is 111 cm³/mol. The predicted octanol–water partition coefficient (Wildman–Crippen LogP) is 4.16. The number of nitrogens with one attached hydrogen (secondary N) is 2. The van der Waals surface area contributed by atoms with Crippen LogP contribution >= 0.6 is 0 Å². The molecule has 0 saturated heterocycles. The summed E-state index contributed by atoms with van der Waals surface area (Å²) in [4.78, 5) is 33.6. The molecule has 1 aromatic heterocycles. The lowest BCUT2D eigenvalue weighted by molar-refractivity contribution is 0.0527. The van der Waals surface area contributed by atoms with Crippen LogP contribution in [0.2, 0.25) is 0 Å². The molecule has 1 aliphatic carbocycles. The van der Waals surface area contributed by atoms with Crippen molar-refractivity contribution in [1.82, 2.24) is 15.3 Å². The molecule has 0 radical (unpaired) electrons. The van der Waals surface area contributed by atoms with Gasteiger partial charge in [0, 0.05) is 12.1 Å². The summed E-state index contributed by atoms with van der Waals surface area (Å²) in [5, 5.41) is 6.24. The summed E-state index contributed by atoms with van der Waals surface area (Å²) < 4.78 is 5.11. The third-order valence-electron chi connectivity index (χ3n) is 4.95. The van der Waals surface area contributed by atoms with Gasteiger partial charge in [-0.1, -0.05) is 37.8 Å². The summed E-state index contributed by atoms with van der Waals surface area (Å²) in [6, 6.07) is 8.86. The number of aryl methyl sites for hydroxylation is 1. The van der Waals surface area contributed by atoms with Crippen molar-refractivity contribution in [2.24, 2.45) is 0 Å². The Morgan fingerprint density at radius 2 is 1.83 bits per heavy atom. The van der Waals surface area contributed by atoms with Crippen LogP contribution in [0.1, 0.15) is 72.1 Å². The van der Waals surface area contributed by atoms with Crippen molar-refractivity contribution >= 4 is 23.4 Å². The van der Waals surface area contributed by atoms with Gasteiger partial charge >= 0.3 is 5.97 Å². The van der Waals surface area contributed by atoms with E-state index >= 15 is 0 Å². The first-order valence-electron chi connectivity index (χ1n) is 10.3. The van der Waals surface area contributed by atoms with Crippen LogP contribution in [-0.4, -0.2) is 34.5 Å². The Hall–Kier alpha value is -2.96. The van der Waals surface area contributed by atoms with Gasteiger partial charge in [-0.05, 0) is 38.8 Å². The fourth-order valence-electron chi connectivity index (χ4n) is 3.55. The van der Waals surface area contributed by atoms with Gasteiger partial charge in [0.2, 0.25) is 0 Å². The number of anilines is 2. The van der Waals surface area contributed by atoms with E-state index in [1.165, 1.54) is 12.8 Å². The zero-order chi connectivity index (χ0) is 20.6. The van der Waals surface area contributed by atoms with E-state index in [1.807, 2.05) is 6.07 Å². The van der Waals surface area contributed by atoms with Crippen LogP contribution in [0.15, 0.2) is 30.3 Å². The summed E-state index contributed by atoms with van der Waals surface area (Å²) >= 11 is 0. The third kappa shape index (κ3) is 5.76. The largest absolute Gasteiger partial charge is 0.462 e. The molecule has 1 fully saturated rings. The summed E-state index contributed by atoms with van der Waals surface area (Å²) in [6.45, 7) is 3.80. The first kappa shape index (κ1) is 20.8. The van der Waals surface area contributed by atoms with Gasteiger partial charge in [0.05, 0.1) is 17.9 Å². The number of aromatic nitrogens is 2. The Morgan fingerprint density at radius 1 is 1.10 bits per heavy atom. The van der Waals surface area contributed by atoms with Crippen LogP contribution in [0, 0.1) is 6.92 Å². The first-order valence-corrected chi connectivity index (χ1v) is 10.3. The van der Waals surface area contributed by atoms with Crippen molar-refractivity contribution in [2.45, 2.75) is 58.4 Å². The van der Waals surface area contributed by atoms with E-state index in [1.54, 1.807) is 38.1 Å². The molecule has 3 rings (SSSR count). The fourth-order valence-corrected chi connectivity index (χ4v) is 3.55. The maximum Gasteiger partial charge on any atom is 0.340 e. The molecular formula is C22H28N4O3. The van der Waals surface area contributed by atoms with E-state index in [2.05, 4.69) is 20.6 Å². The number of para-hydroxylation sites is 1. The molecule has 0 spiro atoms. The maximum atomic E-state index is 12.7. The van der Waals surface area contributed by atoms with E-state index in [9.17, 15) is 9.59 Å². The number of carbonyl (C=O) groups is 2. The molecule has 0 aliphatic heterocycles. The van der Waals surface area contributed by atoms with Crippen LogP contribution in [0.4, 0.5) is 11.5 Å². The monoisotopic (exact) mass is 396 g/mol. The van der Waals surface area contributed by atoms with Gasteiger partial charge in [0.25, 0.3) is 5.91 Å². The number of carbonyl (C=O) groups excluding carboxylic acids is 2. The van der Waals surface area contributed by atoms with Crippen molar-refractivity contribution in [2.75, 3.05) is 11.9 Å². The number of benzene rings is 1. The SMILES string of the molecule is CCOC(=O)c1ccccc1Nc1cc(C(=O)NC2CCCCCC2)nc(C)n1. The number of hydrogen-bond donors (Lipinski definition) is 2. The topological polar surface area (TPSA) is 93.2 Å². The summed E-state index contributed by atoms with van der Waals surface area (Å²) in [6.07, 6.45) is 6.76. The molecule has 1 heterocycles. The number of hydrogen-bond acceptors (Lipinski definition) is 6. The average molecular weight is 396 g/mol. The summed E-state index contributed by atoms with van der Waals surface area (Å²) in [5.74, 6) is 0.340. The van der Waals surface area contributed by atoms with Gasteiger partial charge < -0.3 is 15.4 Å². The smallest absolute Gasteiger partial charge is 0.340 e. The van der Waals surface area contributed by atoms with Gasteiger partial charge in [-0.2, -0.15) is 0 Å². The highest BCUT2D eigenvalue weighted by Crippen LogP contribution is 2.22. The average Bonchev–Trinajstić information content (AvgIpc) is 2.97. The molecule has 1 saturated carbocycles. The van der Waals surface area contributed by atoms with E-state index < -0.39 is 5.97 Å². The van der Waals surface area contributed by atoms with Gasteiger partial charge in [0.15, 0.2) is 0 Å². The molecule has 1 aliphatic rings. The number of esters is 1. The molecule has 1 amide bonds. The van der Waals surface area contributed by atoms with Crippen molar-refractivity contribution in [3.8, 4) is 0 Å². The van der Waals surface area contributed by atoms with Crippen LogP contribution < -0.4 is 10.6 Å². The second kappa shape index (κ2) is 10.0. The lowest BCUT2D eigenvalue weighted by Gasteiger charge is -2.16. The zero-order valence-electron chi connectivity index (χ0n) is 17.0. The molecule has 2 aromatic rings. The van der Waals surface area contributed by atoms with Gasteiger partial charge in [-0.15, -0.1) is 0 Å². The first-order chi connectivity index (χ1) is 14.1. The lowest BCUT2D eigenvalue weighted by atomic mass is 10.1. The van der Waals surface area contributed by atoms with Crippen molar-refractivity contribution in [3.05, 3.63) is 47.4 Å². The number of rotatable bonds is 6. The van der Waals surface area contributed by atoms with Gasteiger partial charge in [-0.3, -0.25) is 4.79 Å². The molecule has 1 aromatic carbocycles. The van der Waals surface area contributed by atoms with Crippen LogP contribution in [0.3, 0.4) is 0 Å². The van der Waals surface area contributed by atoms with Crippen LogP contribution in [0.25, 0.3) is 0 Å². The standard InChI is InChI=1S/C22H28N4O3/c1-3-29-22(28)17-12-8-9-13-18(17)26-20-14-19(23-15(2)24-20)21(27)25-16-10-6-4-5-7-11-16/h8-9,12-14,16H,3-7,10-11H2,1-2H3,(H,25,27)(H,23,24,26). The Kier molecular flexibility index (Phi) is 7.16. The second-order valence-corrected chi connectivity index (χ2v) is 7.24. The summed E-state index contributed by atoms with van der Waals surface area (Å²) in [7, 11) is 0. The minimum atomic E-state index is -0.410. The Labute approximate surface area is 171 Å². The Morgan fingerprint density at radius 3 is 2.55 bits per heavy atom. The van der Waals surface area contributed by atoms with E-state index in [-0.39, 0.29) is 11.9 Å². The molecule has 29 heavy (non-hydrogen) atoms. The number of amides is 1. The molecule has 7 nitrogen and oxygen atoms in total. The Balaban J connectivity index is 1.77. The highest BCUT2D eigenvalue weighted by Gasteiger charge is 2.18. The highest BCUT2D eigenvalue weighted by atomic mass is 16.5. The van der Waals surface area contributed by atoms with Crippen LogP contribution in [0.5, 0.6) is 0 Å². The minimum absolute atomic E-state index is 0.191. The van der Waals surface area contributed by atoms with E-state index in [0.717, 1.165) is 25.7 Å². The molecule has 0 unspecified atom stereocenters. The number of nitrogens with zero attached hydrogens (tertiary/aromatic N) is 2. The quantitative estimate of drug-likeness (QED) is 0.563. The highest BCUT2D eigenvalue weighted by molar-refractivity contribution is 5.97. The van der Waals surface area contributed by atoms with Crippen molar-refractivity contribution < 1.29 is 14.3 Å². The van der Waals surface area contributed by atoms with Crippen LogP contribution in [-0.2, 0) is 4.74 Å². The molecule has 0 atom stereocenters. The number of ether oxygens (including phenoxy) is 1. The van der Waals surface area contributed by atoms with E-state index in [4.69, 9.17) is 4.74 Å². The normalized spacial score (nSPS) is 14.7. The molecular weight excluding hydrogens is 368 g/mol. The molecule has 154 valence electrons. The minimum Gasteiger partial charge on any atom is -0.462 e. The molecule has 0 bridgehead atoms. The Bertz CT molecular complexity index is 861. The summed E-state index contributed by atoms with van der Waals surface area (Å²) in [5.41, 5.74) is 1.30. The molecule has 2 N–H and O–H groups in total. The van der Waals surface area contributed by atoms with Gasteiger partial charge in [0.1, 0.15) is 17.3 Å². The third-order valence-corrected chi connectivity index (χ3v) is 4.95. The van der Waals surface area contributed by atoms with Crippen molar-refractivity contribution in [3.63, 3.8) is 0 Å². The fraction of sp³-hybridized carbons (Fsp3) is 0.455. The second-order valence-electron chi connectivity index (χ2n) is 7.24. The van der Waals surface area contributed by atoms with Gasteiger partial charge in [-0.25, -0.2) is 14.8 Å².